The largest absolute Gasteiger partial charge is 1.00 e. The third-order valence-electron chi connectivity index (χ3n) is 3.82. The zero-order valence-corrected chi connectivity index (χ0v) is 24.7. The topological polar surface area (TPSA) is 175 Å². The molecule has 1 aromatic carbocycles. The Balaban J connectivity index is 0.00000240. The third kappa shape index (κ3) is 6.80. The average Bonchev–Trinajstić information content (AvgIpc) is 3.26. The Labute approximate surface area is 266 Å². The first-order chi connectivity index (χ1) is 13.6. The predicted molar refractivity (Wildman–Crippen MR) is 99.4 cm³/mol. The standard InChI is InChI=1S/C17H17N7O4S.2K/c1-17(2,3)12-11(21-22-16-19-7-20-29-16)13(18)24(23-12)10-5-8(14(25)26)4-9(6-10)15(27)28;;/h4-7H,18H2,1-3H3,(H,25,26)(H,27,28);;/q;2*+1/p-2. The fourth-order valence-corrected chi connectivity index (χ4v) is 2.86. The summed E-state index contributed by atoms with van der Waals surface area (Å²) in [7, 11) is 0. The molecule has 3 aromatic rings. The Kier molecular flexibility index (Phi) is 10.8. The second kappa shape index (κ2) is 11.6. The fraction of sp³-hybridized carbons (Fsp3) is 0.235. The number of carboxylic acid groups (broad SMARTS) is 2. The summed E-state index contributed by atoms with van der Waals surface area (Å²) in [4.78, 5) is 26.5. The van der Waals surface area contributed by atoms with Crippen molar-refractivity contribution in [3.63, 3.8) is 0 Å². The number of nitrogen functional groups attached to an aromatic ring is 1. The monoisotopic (exact) mass is 491 g/mol. The van der Waals surface area contributed by atoms with Crippen LogP contribution in [0.2, 0.25) is 0 Å². The molecule has 11 nitrogen and oxygen atoms in total. The molecule has 2 N–H and O–H groups in total. The van der Waals surface area contributed by atoms with Crippen LogP contribution >= 0.6 is 11.5 Å². The van der Waals surface area contributed by atoms with Crippen LogP contribution in [0.4, 0.5) is 16.6 Å². The van der Waals surface area contributed by atoms with E-state index in [4.69, 9.17) is 5.73 Å². The minimum atomic E-state index is -1.55. The molecule has 14 heteroatoms. The molecule has 0 saturated heterocycles. The van der Waals surface area contributed by atoms with Gasteiger partial charge in [0.15, 0.2) is 11.5 Å². The van der Waals surface area contributed by atoms with E-state index in [1.165, 1.54) is 23.1 Å². The van der Waals surface area contributed by atoms with E-state index in [2.05, 4.69) is 24.7 Å². The number of carboxylic acids is 2. The molecule has 0 unspecified atom stereocenters. The van der Waals surface area contributed by atoms with Crippen molar-refractivity contribution in [2.75, 3.05) is 5.73 Å². The van der Waals surface area contributed by atoms with Crippen molar-refractivity contribution in [1.29, 1.82) is 0 Å². The first kappa shape index (κ1) is 28.6. The van der Waals surface area contributed by atoms with Crippen molar-refractivity contribution in [1.82, 2.24) is 19.1 Å². The second-order valence-electron chi connectivity index (χ2n) is 7.01. The molecule has 0 aliphatic rings. The van der Waals surface area contributed by atoms with Gasteiger partial charge < -0.3 is 25.5 Å². The van der Waals surface area contributed by atoms with Crippen LogP contribution in [0, 0.1) is 0 Å². The molecule has 0 aliphatic carbocycles. The maximum atomic E-state index is 11.3. The zero-order chi connectivity index (χ0) is 21.3. The van der Waals surface area contributed by atoms with E-state index in [1.807, 2.05) is 20.8 Å². The minimum absolute atomic E-state index is 0. The molecule has 0 amide bonds. The molecule has 3 rings (SSSR count). The fourth-order valence-electron chi connectivity index (χ4n) is 2.50. The van der Waals surface area contributed by atoms with Gasteiger partial charge in [-0.1, -0.05) is 20.8 Å². The number of hydrogen-bond acceptors (Lipinski definition) is 11. The number of rotatable bonds is 5. The Bertz CT molecular complexity index is 1090. The average molecular weight is 492 g/mol. The van der Waals surface area contributed by atoms with Crippen LogP contribution in [0.1, 0.15) is 47.2 Å². The molecular weight excluding hydrogens is 476 g/mol. The Morgan fingerprint density at radius 3 is 2.10 bits per heavy atom. The summed E-state index contributed by atoms with van der Waals surface area (Å²) in [5, 5.41) is 35.4. The van der Waals surface area contributed by atoms with Crippen LogP contribution in [0.25, 0.3) is 5.69 Å². The minimum Gasteiger partial charge on any atom is -0.545 e. The normalized spacial score (nSPS) is 11.1. The van der Waals surface area contributed by atoms with Crippen LogP contribution in [0.15, 0.2) is 34.8 Å². The molecule has 0 fully saturated rings. The van der Waals surface area contributed by atoms with Gasteiger partial charge in [0.25, 0.3) is 0 Å². The van der Waals surface area contributed by atoms with Crippen LogP contribution < -0.4 is 119 Å². The molecular formula is C17H15K2N7O4S. The van der Waals surface area contributed by atoms with Crippen molar-refractivity contribution in [3.05, 3.63) is 41.3 Å². The molecule has 150 valence electrons. The van der Waals surface area contributed by atoms with E-state index in [9.17, 15) is 19.8 Å². The van der Waals surface area contributed by atoms with E-state index in [0.717, 1.165) is 17.6 Å². The van der Waals surface area contributed by atoms with E-state index in [0.29, 0.717) is 10.8 Å². The van der Waals surface area contributed by atoms with Crippen molar-refractivity contribution < 1.29 is 123 Å². The molecule has 0 bridgehead atoms. The summed E-state index contributed by atoms with van der Waals surface area (Å²) in [6.07, 6.45) is 1.34. The number of carbonyl (C=O) groups excluding carboxylic acids is 2. The second-order valence-corrected chi connectivity index (χ2v) is 7.77. The van der Waals surface area contributed by atoms with E-state index < -0.39 is 17.4 Å². The van der Waals surface area contributed by atoms with Crippen molar-refractivity contribution in [3.8, 4) is 5.69 Å². The molecule has 2 aromatic heterocycles. The van der Waals surface area contributed by atoms with Crippen molar-refractivity contribution in [2.45, 2.75) is 26.2 Å². The van der Waals surface area contributed by atoms with Gasteiger partial charge >= 0.3 is 103 Å². The molecule has 0 spiro atoms. The number of carbonyl (C=O) groups is 2. The summed E-state index contributed by atoms with van der Waals surface area (Å²) >= 11 is 1.04. The van der Waals surface area contributed by atoms with Gasteiger partial charge in [-0.25, -0.2) is 9.67 Å². The van der Waals surface area contributed by atoms with Crippen LogP contribution in [0.5, 0.6) is 0 Å². The van der Waals surface area contributed by atoms with Gasteiger partial charge in [0, 0.05) is 16.9 Å². The SMILES string of the molecule is CC(C)(C)c1nn(-c2cc(C(=O)[O-])cc(C(=O)[O-])c2)c(N)c1N=Nc1ncns1.[K+].[K+]. The summed E-state index contributed by atoms with van der Waals surface area (Å²) in [5.74, 6) is -3.05. The number of hydrogen-bond donors (Lipinski definition) is 1. The summed E-state index contributed by atoms with van der Waals surface area (Å²) < 4.78 is 5.04. The smallest absolute Gasteiger partial charge is 0.545 e. The summed E-state index contributed by atoms with van der Waals surface area (Å²) in [6, 6.07) is 3.33. The third-order valence-corrected chi connectivity index (χ3v) is 4.37. The van der Waals surface area contributed by atoms with E-state index in [-0.39, 0.29) is 131 Å². The molecule has 31 heavy (non-hydrogen) atoms. The maximum absolute atomic E-state index is 11.3. The molecule has 2 heterocycles. The molecule has 0 radical (unpaired) electrons. The number of azo groups is 1. The van der Waals surface area contributed by atoms with E-state index >= 15 is 0 Å². The first-order valence-corrected chi connectivity index (χ1v) is 9.01. The summed E-state index contributed by atoms with van der Waals surface area (Å²) in [6.45, 7) is 5.65. The number of anilines is 1. The predicted octanol–water partition coefficient (Wildman–Crippen LogP) is -5.25. The number of nitrogens with two attached hydrogens (primary N) is 1. The number of aromatic nitrogens is 4. The van der Waals surface area contributed by atoms with Gasteiger partial charge in [-0.15, -0.1) is 10.2 Å². The Morgan fingerprint density at radius 1 is 1.06 bits per heavy atom. The van der Waals surface area contributed by atoms with Crippen molar-refractivity contribution in [2.24, 2.45) is 10.2 Å². The molecule has 0 saturated carbocycles. The van der Waals surface area contributed by atoms with Crippen molar-refractivity contribution >= 4 is 40.1 Å². The van der Waals surface area contributed by atoms with Gasteiger partial charge in [0.1, 0.15) is 6.33 Å². The quantitative estimate of drug-likeness (QED) is 0.272. The van der Waals surface area contributed by atoms with Crippen LogP contribution in [-0.4, -0.2) is 31.1 Å². The van der Waals surface area contributed by atoms with Gasteiger partial charge in [-0.2, -0.15) is 9.47 Å². The number of nitrogens with zero attached hydrogens (tertiary/aromatic N) is 6. The Hall–Kier alpha value is -0.397. The molecule has 0 aliphatic heterocycles. The van der Waals surface area contributed by atoms with Crippen LogP contribution in [-0.2, 0) is 5.41 Å². The Morgan fingerprint density at radius 2 is 1.65 bits per heavy atom. The first-order valence-electron chi connectivity index (χ1n) is 8.23. The van der Waals surface area contributed by atoms with Gasteiger partial charge in [-0.05, 0) is 29.3 Å². The zero-order valence-electron chi connectivity index (χ0n) is 17.6. The van der Waals surface area contributed by atoms with Gasteiger partial charge in [0.05, 0.1) is 23.3 Å². The summed E-state index contributed by atoms with van der Waals surface area (Å²) in [5.41, 5.74) is 5.82. The number of benzene rings is 1. The van der Waals surface area contributed by atoms with E-state index in [1.54, 1.807) is 0 Å². The van der Waals surface area contributed by atoms with Gasteiger partial charge in [0.2, 0.25) is 5.13 Å². The van der Waals surface area contributed by atoms with Crippen LogP contribution in [0.3, 0.4) is 0 Å². The van der Waals surface area contributed by atoms with Gasteiger partial charge in [-0.3, -0.25) is 0 Å². The maximum Gasteiger partial charge on any atom is 1.00 e. The molecule has 0 atom stereocenters. The number of aromatic carboxylic acids is 2.